The van der Waals surface area contributed by atoms with Crippen molar-refractivity contribution in [3.63, 3.8) is 0 Å². The van der Waals surface area contributed by atoms with Gasteiger partial charge in [-0.1, -0.05) is 18.2 Å². The standard InChI is InChI=1S/C23H26N2O4S/c1-5-25-15(3)20(21(16(25)4)23(27)28-6-2)19(26)14-30-13-18-12-29-22(24-18)17-10-8-7-9-11-17/h7-12H,5-6,13-14H2,1-4H3. The predicted octanol–water partition coefficient (Wildman–Crippen LogP) is 5.07. The molecule has 1 aromatic carbocycles. The molecule has 0 radical (unpaired) electrons. The zero-order valence-electron chi connectivity index (χ0n) is 17.7. The molecule has 3 aromatic rings. The van der Waals surface area contributed by atoms with E-state index in [2.05, 4.69) is 4.98 Å². The van der Waals surface area contributed by atoms with Crippen LogP contribution in [0.15, 0.2) is 41.0 Å². The highest BCUT2D eigenvalue weighted by Crippen LogP contribution is 2.26. The average molecular weight is 427 g/mol. The lowest BCUT2D eigenvalue weighted by molar-refractivity contribution is 0.0522. The summed E-state index contributed by atoms with van der Waals surface area (Å²) in [5, 5.41) is 0. The zero-order chi connectivity index (χ0) is 21.7. The number of carbonyl (C=O) groups excluding carboxylic acids is 2. The number of benzene rings is 1. The SMILES string of the molecule is CCOC(=O)c1c(C(=O)CSCc2coc(-c3ccccc3)n2)c(C)n(CC)c1C. The van der Waals surface area contributed by atoms with E-state index in [-0.39, 0.29) is 18.1 Å². The number of hydrogen-bond acceptors (Lipinski definition) is 6. The summed E-state index contributed by atoms with van der Waals surface area (Å²) in [7, 11) is 0. The van der Waals surface area contributed by atoms with E-state index in [1.54, 1.807) is 13.2 Å². The number of oxazole rings is 1. The lowest BCUT2D eigenvalue weighted by atomic mass is 10.1. The van der Waals surface area contributed by atoms with Crippen molar-refractivity contribution in [2.75, 3.05) is 12.4 Å². The summed E-state index contributed by atoms with van der Waals surface area (Å²) in [5.41, 5.74) is 4.11. The van der Waals surface area contributed by atoms with Gasteiger partial charge in [0.15, 0.2) is 5.78 Å². The van der Waals surface area contributed by atoms with Crippen LogP contribution in [0.2, 0.25) is 0 Å². The molecule has 0 aliphatic rings. The van der Waals surface area contributed by atoms with Crippen molar-refractivity contribution in [2.45, 2.75) is 40.0 Å². The second-order valence-corrected chi connectivity index (χ2v) is 7.80. The summed E-state index contributed by atoms with van der Waals surface area (Å²) >= 11 is 1.45. The highest BCUT2D eigenvalue weighted by molar-refractivity contribution is 7.99. The van der Waals surface area contributed by atoms with Gasteiger partial charge in [0.2, 0.25) is 5.89 Å². The molecule has 0 N–H and O–H groups in total. The molecule has 0 aliphatic heterocycles. The molecule has 0 saturated carbocycles. The number of hydrogen-bond donors (Lipinski definition) is 0. The van der Waals surface area contributed by atoms with E-state index >= 15 is 0 Å². The van der Waals surface area contributed by atoms with Gasteiger partial charge in [0, 0.05) is 29.2 Å². The van der Waals surface area contributed by atoms with Gasteiger partial charge in [-0.15, -0.1) is 11.8 Å². The van der Waals surface area contributed by atoms with Crippen LogP contribution in [0.4, 0.5) is 0 Å². The second-order valence-electron chi connectivity index (χ2n) is 6.81. The number of carbonyl (C=O) groups is 2. The second kappa shape index (κ2) is 9.80. The number of Topliss-reactive ketones (excluding diaryl/α,β-unsaturated/α-hetero) is 1. The van der Waals surface area contributed by atoms with Gasteiger partial charge >= 0.3 is 5.97 Å². The summed E-state index contributed by atoms with van der Waals surface area (Å²) in [6.45, 7) is 8.44. The largest absolute Gasteiger partial charge is 0.462 e. The van der Waals surface area contributed by atoms with E-state index in [0.29, 0.717) is 29.3 Å². The molecule has 0 fully saturated rings. The molecule has 0 spiro atoms. The van der Waals surface area contributed by atoms with Crippen LogP contribution in [0, 0.1) is 13.8 Å². The Balaban J connectivity index is 1.71. The van der Waals surface area contributed by atoms with E-state index in [0.717, 1.165) is 22.6 Å². The zero-order valence-corrected chi connectivity index (χ0v) is 18.5. The maximum Gasteiger partial charge on any atom is 0.340 e. The van der Waals surface area contributed by atoms with Gasteiger partial charge in [0.05, 0.1) is 29.2 Å². The minimum absolute atomic E-state index is 0.0809. The van der Waals surface area contributed by atoms with E-state index < -0.39 is 5.97 Å². The Hall–Kier alpha value is -2.80. The first-order valence-electron chi connectivity index (χ1n) is 9.95. The van der Waals surface area contributed by atoms with Crippen molar-refractivity contribution in [1.82, 2.24) is 9.55 Å². The summed E-state index contributed by atoms with van der Waals surface area (Å²) in [5.74, 6) is 0.830. The molecule has 6 nitrogen and oxygen atoms in total. The molecule has 0 bridgehead atoms. The number of ketones is 1. The Morgan fingerprint density at radius 3 is 2.47 bits per heavy atom. The Labute approximate surface area is 180 Å². The maximum atomic E-state index is 13.0. The van der Waals surface area contributed by atoms with Crippen molar-refractivity contribution in [3.8, 4) is 11.5 Å². The van der Waals surface area contributed by atoms with Gasteiger partial charge in [0.1, 0.15) is 6.26 Å². The monoisotopic (exact) mass is 426 g/mol. The molecule has 30 heavy (non-hydrogen) atoms. The number of nitrogens with zero attached hydrogens (tertiary/aromatic N) is 2. The quantitative estimate of drug-likeness (QED) is 0.351. The average Bonchev–Trinajstić information content (AvgIpc) is 3.31. The predicted molar refractivity (Wildman–Crippen MR) is 118 cm³/mol. The molecule has 0 saturated heterocycles. The lowest BCUT2D eigenvalue weighted by Crippen LogP contribution is -2.13. The van der Waals surface area contributed by atoms with Crippen LogP contribution in [0.3, 0.4) is 0 Å². The van der Waals surface area contributed by atoms with Gasteiger partial charge in [-0.2, -0.15) is 0 Å². The van der Waals surface area contributed by atoms with Gasteiger partial charge in [-0.3, -0.25) is 4.79 Å². The third kappa shape index (κ3) is 4.51. The number of ether oxygens (including phenoxy) is 1. The van der Waals surface area contributed by atoms with Gasteiger partial charge in [0.25, 0.3) is 0 Å². The molecular formula is C23H26N2O4S. The van der Waals surface area contributed by atoms with Crippen molar-refractivity contribution in [2.24, 2.45) is 0 Å². The van der Waals surface area contributed by atoms with Crippen LogP contribution >= 0.6 is 11.8 Å². The molecule has 0 atom stereocenters. The van der Waals surface area contributed by atoms with Crippen LogP contribution in [-0.4, -0.2) is 33.7 Å². The first-order chi connectivity index (χ1) is 14.5. The third-order valence-corrected chi connectivity index (χ3v) is 5.88. The Morgan fingerprint density at radius 2 is 1.80 bits per heavy atom. The molecule has 2 aromatic heterocycles. The Morgan fingerprint density at radius 1 is 1.10 bits per heavy atom. The minimum Gasteiger partial charge on any atom is -0.462 e. The fourth-order valence-electron chi connectivity index (χ4n) is 3.56. The molecule has 158 valence electrons. The minimum atomic E-state index is -0.442. The topological polar surface area (TPSA) is 74.3 Å². The first kappa shape index (κ1) is 21.9. The van der Waals surface area contributed by atoms with E-state index in [1.807, 2.05) is 55.7 Å². The third-order valence-electron chi connectivity index (χ3n) is 4.91. The normalized spacial score (nSPS) is 10.9. The van der Waals surface area contributed by atoms with Crippen LogP contribution in [0.5, 0.6) is 0 Å². The van der Waals surface area contributed by atoms with E-state index in [9.17, 15) is 9.59 Å². The van der Waals surface area contributed by atoms with Crippen molar-refractivity contribution in [1.29, 1.82) is 0 Å². The van der Waals surface area contributed by atoms with Gasteiger partial charge in [-0.25, -0.2) is 9.78 Å². The molecule has 2 heterocycles. The van der Waals surface area contributed by atoms with E-state index in [4.69, 9.17) is 9.15 Å². The molecule has 7 heteroatoms. The smallest absolute Gasteiger partial charge is 0.340 e. The fourth-order valence-corrected chi connectivity index (χ4v) is 4.33. The summed E-state index contributed by atoms with van der Waals surface area (Å²) in [6.07, 6.45) is 1.62. The fraction of sp³-hybridized carbons (Fsp3) is 0.348. The van der Waals surface area contributed by atoms with Crippen LogP contribution in [-0.2, 0) is 17.0 Å². The van der Waals surface area contributed by atoms with Crippen molar-refractivity contribution >= 4 is 23.5 Å². The number of rotatable bonds is 9. The van der Waals surface area contributed by atoms with Crippen molar-refractivity contribution < 1.29 is 18.7 Å². The molecule has 3 rings (SSSR count). The number of aromatic nitrogens is 2. The Kier molecular flexibility index (Phi) is 7.15. The summed E-state index contributed by atoms with van der Waals surface area (Å²) < 4.78 is 12.7. The van der Waals surface area contributed by atoms with Crippen LogP contribution in [0.1, 0.15) is 51.6 Å². The van der Waals surface area contributed by atoms with Crippen LogP contribution < -0.4 is 0 Å². The van der Waals surface area contributed by atoms with E-state index in [1.165, 1.54) is 11.8 Å². The summed E-state index contributed by atoms with van der Waals surface area (Å²) in [6, 6.07) is 9.68. The molecule has 0 unspecified atom stereocenters. The molecular weight excluding hydrogens is 400 g/mol. The van der Waals surface area contributed by atoms with Gasteiger partial charge in [-0.05, 0) is 39.8 Å². The van der Waals surface area contributed by atoms with Gasteiger partial charge < -0.3 is 13.7 Å². The number of esters is 1. The lowest BCUT2D eigenvalue weighted by Gasteiger charge is -2.05. The molecule has 0 amide bonds. The summed E-state index contributed by atoms with van der Waals surface area (Å²) in [4.78, 5) is 30.0. The maximum absolute atomic E-state index is 13.0. The highest BCUT2D eigenvalue weighted by atomic mass is 32.2. The first-order valence-corrected chi connectivity index (χ1v) is 11.1. The van der Waals surface area contributed by atoms with Crippen LogP contribution in [0.25, 0.3) is 11.5 Å². The Bertz CT molecular complexity index is 1040. The molecule has 0 aliphatic carbocycles. The number of thioether (sulfide) groups is 1. The highest BCUT2D eigenvalue weighted by Gasteiger charge is 2.27. The van der Waals surface area contributed by atoms with Crippen molar-refractivity contribution in [3.05, 3.63) is 64.8 Å².